The van der Waals surface area contributed by atoms with Crippen molar-refractivity contribution in [2.24, 2.45) is 5.92 Å². The Bertz CT molecular complexity index is 2350. The topological polar surface area (TPSA) is 89.1 Å². The van der Waals surface area contributed by atoms with Crippen LogP contribution in [0.2, 0.25) is 0 Å². The van der Waals surface area contributed by atoms with Gasteiger partial charge >= 0.3 is 0 Å². The van der Waals surface area contributed by atoms with Crippen molar-refractivity contribution in [2.75, 3.05) is 32.4 Å². The molecule has 63 heavy (non-hydrogen) atoms. The van der Waals surface area contributed by atoms with Gasteiger partial charge in [0.1, 0.15) is 48.9 Å². The molecule has 340 valence electrons. The second kappa shape index (κ2) is 22.3. The van der Waals surface area contributed by atoms with Crippen LogP contribution in [-0.2, 0) is 13.1 Å². The number of halogens is 6. The molecule has 3 N–H and O–H groups in total. The van der Waals surface area contributed by atoms with Crippen LogP contribution in [0.3, 0.4) is 0 Å². The maximum atomic E-state index is 16.4. The Labute approximate surface area is 385 Å². The smallest absolute Gasteiger partial charge is 0.171 e. The van der Waals surface area contributed by atoms with Gasteiger partial charge in [0.2, 0.25) is 0 Å². The van der Waals surface area contributed by atoms with Crippen molar-refractivity contribution in [1.29, 1.82) is 0 Å². The van der Waals surface area contributed by atoms with E-state index in [2.05, 4.69) is 55.0 Å². The lowest BCUT2D eigenvalue weighted by Crippen LogP contribution is -3.16. The molecule has 3 aromatic carbocycles. The summed E-state index contributed by atoms with van der Waals surface area (Å²) in [5.41, 5.74) is 1.05. The molecule has 0 amide bonds. The number of nitrogens with zero attached hydrogens (tertiary/aromatic N) is 3. The number of benzene rings is 3. The molecule has 3 aliphatic rings. The molecule has 9 atom stereocenters. The number of rotatable bonds is 12. The Kier molecular flexibility index (Phi) is 17.7. The van der Waals surface area contributed by atoms with E-state index in [1.54, 1.807) is 87.3 Å². The van der Waals surface area contributed by atoms with Gasteiger partial charge in [-0.1, -0.05) is 64.8 Å². The number of hydrogen-bond donors (Lipinski definition) is 3. The van der Waals surface area contributed by atoms with Crippen LogP contribution in [-0.4, -0.2) is 81.3 Å². The minimum Gasteiger partial charge on any atom is -0.497 e. The lowest BCUT2D eigenvalue weighted by molar-refractivity contribution is -0.946. The number of aliphatic hydroxyl groups is 2. The summed E-state index contributed by atoms with van der Waals surface area (Å²) in [7, 11) is 3.09. The van der Waals surface area contributed by atoms with Crippen LogP contribution in [0.5, 0.6) is 11.5 Å². The molecule has 3 aliphatic heterocycles. The number of pyridine rings is 2. The normalized spacial score (nSPS) is 24.5. The minimum absolute atomic E-state index is 0.0296. The summed E-state index contributed by atoms with van der Waals surface area (Å²) in [5, 5.41) is 25.3. The zero-order chi connectivity index (χ0) is 46.2. The molecule has 14 heteroatoms. The van der Waals surface area contributed by atoms with Crippen molar-refractivity contribution in [3.63, 3.8) is 0 Å². The van der Waals surface area contributed by atoms with Crippen LogP contribution >= 0.6 is 31.9 Å². The number of hydrogen-bond acceptors (Lipinski definition) is 6. The summed E-state index contributed by atoms with van der Waals surface area (Å²) in [6.07, 6.45) is 7.95. The molecule has 5 heterocycles. The number of aliphatic hydroxyl groups excluding tert-OH is 2. The first-order valence-corrected chi connectivity index (χ1v) is 24.5. The molecule has 9 unspecified atom stereocenters. The molecular weight excluding hydrogens is 944 g/mol. The third-order valence-corrected chi connectivity index (χ3v) is 13.2. The highest BCUT2D eigenvalue weighted by Gasteiger charge is 2.78. The average molecular weight is 1000 g/mol. The standard InChI is InChI=1S/C45H47F4N4O4.C2H6.2CH3Br/c1-5-25-9-7-8-10-36(44(54)28-15-17-50-34-13-11-26(56-3)19-30(28)34)52(22-25)23-32-40(46)42(48)33(43(49)41(32)47)24-53-37(6-2)38(53)21-39(53)45(55)29-16-18-51-35-14-12-27(57-4)20-31(29)35;3*1-2/h5-6,11-20,25,36-39,44-45,54-55H,1-2,7-10,21-24H2,3-4H3;1-2H3;2*1H3/q+1;;;/p+1. The predicted octanol–water partition coefficient (Wildman–Crippen LogP) is 10.0. The third-order valence-electron chi connectivity index (χ3n) is 13.2. The van der Waals surface area contributed by atoms with Crippen molar-refractivity contribution >= 4 is 53.7 Å². The summed E-state index contributed by atoms with van der Waals surface area (Å²) in [6, 6.07) is 12.7. The molecule has 3 fully saturated rings. The number of alkyl halides is 2. The van der Waals surface area contributed by atoms with Crippen LogP contribution in [0.4, 0.5) is 17.6 Å². The van der Waals surface area contributed by atoms with Crippen molar-refractivity contribution in [2.45, 2.75) is 95.4 Å². The fourth-order valence-electron chi connectivity index (χ4n) is 10.1. The highest BCUT2D eigenvalue weighted by molar-refractivity contribution is 9.09. The van der Waals surface area contributed by atoms with Crippen LogP contribution in [0.25, 0.3) is 21.8 Å². The summed E-state index contributed by atoms with van der Waals surface area (Å²) in [6.45, 7) is 11.5. The lowest BCUT2D eigenvalue weighted by atomic mass is 9.88. The van der Waals surface area contributed by atoms with E-state index >= 15 is 17.6 Å². The monoisotopic (exact) mass is 1000 g/mol. The fourth-order valence-corrected chi connectivity index (χ4v) is 10.1. The van der Waals surface area contributed by atoms with E-state index in [9.17, 15) is 10.2 Å². The summed E-state index contributed by atoms with van der Waals surface area (Å²) in [5.74, 6) is -1.05. The number of quaternary nitrogens is 2. The van der Waals surface area contributed by atoms with Gasteiger partial charge in [0, 0.05) is 35.5 Å². The predicted molar refractivity (Wildman–Crippen MR) is 249 cm³/mol. The van der Waals surface area contributed by atoms with E-state index in [1.807, 2.05) is 25.5 Å². The van der Waals surface area contributed by atoms with E-state index in [0.29, 0.717) is 68.7 Å². The molecule has 5 aromatic rings. The first kappa shape index (κ1) is 50.1. The number of likely N-dealkylation sites (tertiary alicyclic amines) is 1. The van der Waals surface area contributed by atoms with Crippen LogP contribution in [0.1, 0.15) is 80.4 Å². The highest BCUT2D eigenvalue weighted by atomic mass is 79.9. The van der Waals surface area contributed by atoms with E-state index in [4.69, 9.17) is 9.47 Å². The minimum atomic E-state index is -1.45. The second-order valence-electron chi connectivity index (χ2n) is 15.8. The third kappa shape index (κ3) is 9.58. The van der Waals surface area contributed by atoms with Crippen LogP contribution in [0, 0.1) is 29.2 Å². The summed E-state index contributed by atoms with van der Waals surface area (Å²) >= 11 is 5.88. The number of ether oxygens (including phenoxy) is 2. The van der Waals surface area contributed by atoms with Crippen molar-refractivity contribution in [3.05, 3.63) is 132 Å². The molecule has 8 rings (SSSR count). The van der Waals surface area contributed by atoms with Gasteiger partial charge in [0.25, 0.3) is 0 Å². The zero-order valence-corrected chi connectivity index (χ0v) is 40.0. The first-order valence-electron chi connectivity index (χ1n) is 21.3. The molecule has 2 aromatic heterocycles. The zero-order valence-electron chi connectivity index (χ0n) is 36.9. The van der Waals surface area contributed by atoms with E-state index in [1.165, 1.54) is 0 Å². The van der Waals surface area contributed by atoms with Crippen molar-refractivity contribution in [3.8, 4) is 11.5 Å². The molecule has 3 saturated heterocycles. The van der Waals surface area contributed by atoms with Gasteiger partial charge in [-0.25, -0.2) is 17.6 Å². The first-order chi connectivity index (χ1) is 30.6. The Morgan fingerprint density at radius 3 is 1.76 bits per heavy atom. The van der Waals surface area contributed by atoms with Gasteiger partial charge in [0.05, 0.1) is 49.3 Å². The molecule has 0 aliphatic carbocycles. The summed E-state index contributed by atoms with van der Waals surface area (Å²) in [4.78, 5) is 9.44. The van der Waals surface area contributed by atoms with Gasteiger partial charge in [-0.15, -0.1) is 6.58 Å². The maximum absolute atomic E-state index is 16.4. The van der Waals surface area contributed by atoms with Crippen molar-refractivity contribution in [1.82, 2.24) is 9.97 Å². The number of aromatic nitrogens is 2. The van der Waals surface area contributed by atoms with E-state index in [-0.39, 0.29) is 29.0 Å². The molecule has 0 spiro atoms. The Hall–Kier alpha value is -3.92. The second-order valence-corrected chi connectivity index (χ2v) is 15.8. The molecule has 0 radical (unpaired) electrons. The fraction of sp³-hybridized carbons (Fsp3) is 0.429. The van der Waals surface area contributed by atoms with Crippen LogP contribution in [0.15, 0.2) is 86.2 Å². The number of fused-ring (bicyclic) bond motifs is 3. The Morgan fingerprint density at radius 1 is 0.762 bits per heavy atom. The van der Waals surface area contributed by atoms with Gasteiger partial charge in [0.15, 0.2) is 35.4 Å². The maximum Gasteiger partial charge on any atom is 0.171 e. The Balaban J connectivity index is 0.00000120. The van der Waals surface area contributed by atoms with Crippen LogP contribution < -0.4 is 14.4 Å². The number of nitrogens with one attached hydrogen (secondary N) is 1. The largest absolute Gasteiger partial charge is 0.497 e. The van der Waals surface area contributed by atoms with E-state index < -0.39 is 65.2 Å². The number of methoxy groups -OCH3 is 2. The quantitative estimate of drug-likeness (QED) is 0.0288. The highest BCUT2D eigenvalue weighted by Crippen LogP contribution is 2.61. The van der Waals surface area contributed by atoms with Gasteiger partial charge in [-0.2, -0.15) is 0 Å². The molecule has 8 nitrogen and oxygen atoms in total. The molecule has 0 saturated carbocycles. The molecular formula is C49H60Br2F4N4O4+2. The Morgan fingerprint density at radius 2 is 1.27 bits per heavy atom. The van der Waals surface area contributed by atoms with E-state index in [0.717, 1.165) is 19.3 Å². The van der Waals surface area contributed by atoms with Gasteiger partial charge < -0.3 is 24.6 Å². The SMILES string of the molecule is C=CC1CCCCC(C(O)c2ccnc3ccc(OC)cc23)[NH+](Cc2c(F)c(F)c(C[N+]34C(C=C)C3CC4C(O)c3ccnc4ccc(OC)cc34)c(F)c2F)C1.CBr.CBr.CC. The average Bonchev–Trinajstić information content (AvgIpc) is 3.83. The van der Waals surface area contributed by atoms with Gasteiger partial charge in [-0.3, -0.25) is 14.5 Å². The van der Waals surface area contributed by atoms with Crippen molar-refractivity contribution < 1.29 is 46.6 Å². The molecule has 0 bridgehead atoms. The lowest BCUT2D eigenvalue weighted by Gasteiger charge is -2.41. The summed E-state index contributed by atoms with van der Waals surface area (Å²) < 4.78 is 76.5. The van der Waals surface area contributed by atoms with Gasteiger partial charge in [-0.05, 0) is 90.2 Å².